The Morgan fingerprint density at radius 2 is 1.94 bits per heavy atom. The first kappa shape index (κ1) is 20.1. The monoisotopic (exact) mass is 436 g/mol. The number of nitrogens with one attached hydrogen (secondary N) is 3. The van der Waals surface area contributed by atoms with Crippen molar-refractivity contribution in [3.05, 3.63) is 64.8 Å². The SMILES string of the molecule is Clc1cnc2nc1Nc1cccc(c1)OCCc1cc(CN3CCNCC3)cc(c1)N2. The van der Waals surface area contributed by atoms with Gasteiger partial charge in [0.2, 0.25) is 5.95 Å². The van der Waals surface area contributed by atoms with E-state index in [9.17, 15) is 0 Å². The van der Waals surface area contributed by atoms with Gasteiger partial charge in [-0.1, -0.05) is 23.7 Å². The number of halogens is 1. The first-order chi connectivity index (χ1) is 15.2. The lowest BCUT2D eigenvalue weighted by Crippen LogP contribution is -2.42. The van der Waals surface area contributed by atoms with Crippen LogP contribution in [0.5, 0.6) is 5.75 Å². The zero-order chi connectivity index (χ0) is 21.0. The van der Waals surface area contributed by atoms with Crippen molar-refractivity contribution in [3.8, 4) is 5.75 Å². The average Bonchev–Trinajstić information content (AvgIpc) is 2.77. The van der Waals surface area contributed by atoms with Crippen LogP contribution in [0.25, 0.3) is 0 Å². The molecular weight excluding hydrogens is 412 g/mol. The summed E-state index contributed by atoms with van der Waals surface area (Å²) in [5.74, 6) is 1.86. The van der Waals surface area contributed by atoms with E-state index in [0.29, 0.717) is 23.4 Å². The van der Waals surface area contributed by atoms with Gasteiger partial charge in [0.25, 0.3) is 0 Å². The highest BCUT2D eigenvalue weighted by molar-refractivity contribution is 6.32. The number of anilines is 4. The van der Waals surface area contributed by atoms with Gasteiger partial charge >= 0.3 is 0 Å². The lowest BCUT2D eigenvalue weighted by Gasteiger charge is -2.27. The van der Waals surface area contributed by atoms with Crippen LogP contribution in [0.4, 0.5) is 23.1 Å². The summed E-state index contributed by atoms with van der Waals surface area (Å²) >= 11 is 6.34. The Hall–Kier alpha value is -2.87. The maximum atomic E-state index is 6.34. The second kappa shape index (κ2) is 9.09. The van der Waals surface area contributed by atoms with E-state index in [4.69, 9.17) is 16.3 Å². The van der Waals surface area contributed by atoms with Crippen LogP contribution in [0.2, 0.25) is 5.02 Å². The molecule has 8 heteroatoms. The molecule has 0 unspecified atom stereocenters. The number of benzene rings is 2. The molecule has 1 fully saturated rings. The Kier molecular flexibility index (Phi) is 5.88. The number of fused-ring (bicyclic) bond motifs is 6. The largest absolute Gasteiger partial charge is 0.493 e. The molecule has 2 aromatic carbocycles. The number of ether oxygens (including phenoxy) is 1. The summed E-state index contributed by atoms with van der Waals surface area (Å²) in [5, 5.41) is 10.5. The fourth-order valence-electron chi connectivity index (χ4n) is 3.93. The lowest BCUT2D eigenvalue weighted by molar-refractivity contribution is 0.233. The Labute approximate surface area is 186 Å². The van der Waals surface area contributed by atoms with Gasteiger partial charge in [-0.3, -0.25) is 4.90 Å². The Balaban J connectivity index is 1.48. The van der Waals surface area contributed by atoms with Crippen LogP contribution in [-0.2, 0) is 13.0 Å². The van der Waals surface area contributed by atoms with Crippen LogP contribution in [-0.4, -0.2) is 47.7 Å². The van der Waals surface area contributed by atoms with Crippen molar-refractivity contribution < 1.29 is 4.74 Å². The normalized spacial score (nSPS) is 16.4. The molecule has 7 nitrogen and oxygen atoms in total. The molecule has 0 atom stereocenters. The first-order valence-electron chi connectivity index (χ1n) is 10.6. The van der Waals surface area contributed by atoms with Gasteiger partial charge in [0, 0.05) is 56.6 Å². The van der Waals surface area contributed by atoms with Crippen molar-refractivity contribution >= 4 is 34.7 Å². The molecule has 31 heavy (non-hydrogen) atoms. The third kappa shape index (κ3) is 5.07. The molecule has 5 rings (SSSR count). The Morgan fingerprint density at radius 1 is 1.03 bits per heavy atom. The predicted molar refractivity (Wildman–Crippen MR) is 124 cm³/mol. The fourth-order valence-corrected chi connectivity index (χ4v) is 4.07. The second-order valence-corrected chi connectivity index (χ2v) is 8.24. The number of hydrogen-bond donors (Lipinski definition) is 3. The van der Waals surface area contributed by atoms with E-state index in [2.05, 4.69) is 49.0 Å². The summed E-state index contributed by atoms with van der Waals surface area (Å²) in [6, 6.07) is 14.4. The maximum absolute atomic E-state index is 6.34. The standard InChI is InChI=1S/C23H25ClN6O/c24-21-14-26-23-28-19-11-16(10-17(12-19)15-30-7-5-25-6-8-30)4-9-31-20-3-1-2-18(13-20)27-22(21)29-23/h1-3,10-14,25H,4-9,15H2,(H2,26,27,28,29). The number of piperazine rings is 1. The molecule has 1 saturated heterocycles. The van der Waals surface area contributed by atoms with Crippen molar-refractivity contribution in [2.45, 2.75) is 13.0 Å². The molecule has 3 N–H and O–H groups in total. The summed E-state index contributed by atoms with van der Waals surface area (Å²) in [6.45, 7) is 5.70. The molecular formula is C23H25ClN6O. The van der Waals surface area contributed by atoms with Crippen molar-refractivity contribution in [2.75, 3.05) is 43.4 Å². The van der Waals surface area contributed by atoms with Gasteiger partial charge in [-0.2, -0.15) is 4.98 Å². The molecule has 6 bridgehead atoms. The third-order valence-corrected chi connectivity index (χ3v) is 5.70. The molecule has 160 valence electrons. The molecule has 0 amide bonds. The zero-order valence-corrected chi connectivity index (χ0v) is 18.0. The molecule has 3 heterocycles. The highest BCUT2D eigenvalue weighted by atomic mass is 35.5. The van der Waals surface area contributed by atoms with Crippen molar-refractivity contribution in [2.24, 2.45) is 0 Å². The van der Waals surface area contributed by atoms with Crippen LogP contribution >= 0.6 is 11.6 Å². The molecule has 0 aliphatic carbocycles. The molecule has 2 aliphatic heterocycles. The minimum Gasteiger partial charge on any atom is -0.493 e. The van der Waals surface area contributed by atoms with E-state index >= 15 is 0 Å². The molecule has 0 spiro atoms. The van der Waals surface area contributed by atoms with Crippen LogP contribution in [0.1, 0.15) is 11.1 Å². The van der Waals surface area contributed by atoms with Gasteiger partial charge in [-0.05, 0) is 35.4 Å². The number of nitrogens with zero attached hydrogens (tertiary/aromatic N) is 3. The third-order valence-electron chi connectivity index (χ3n) is 5.42. The number of aromatic nitrogens is 2. The van der Waals surface area contributed by atoms with Gasteiger partial charge < -0.3 is 20.7 Å². The quantitative estimate of drug-likeness (QED) is 0.561. The van der Waals surface area contributed by atoms with Gasteiger partial charge in [-0.15, -0.1) is 0 Å². The van der Waals surface area contributed by atoms with Crippen molar-refractivity contribution in [1.29, 1.82) is 0 Å². The highest BCUT2D eigenvalue weighted by Gasteiger charge is 2.13. The minimum absolute atomic E-state index is 0.456. The summed E-state index contributed by atoms with van der Waals surface area (Å²) in [4.78, 5) is 11.4. The smallest absolute Gasteiger partial charge is 0.229 e. The Morgan fingerprint density at radius 3 is 2.84 bits per heavy atom. The molecule has 2 aliphatic rings. The fraction of sp³-hybridized carbons (Fsp3) is 0.304. The van der Waals surface area contributed by atoms with Gasteiger partial charge in [0.05, 0.1) is 12.8 Å². The topological polar surface area (TPSA) is 74.3 Å². The van der Waals surface area contributed by atoms with E-state index in [1.807, 2.05) is 24.3 Å². The van der Waals surface area contributed by atoms with Crippen LogP contribution in [0.15, 0.2) is 48.7 Å². The lowest BCUT2D eigenvalue weighted by atomic mass is 10.1. The summed E-state index contributed by atoms with van der Waals surface area (Å²) in [6.07, 6.45) is 2.42. The summed E-state index contributed by atoms with van der Waals surface area (Å²) in [5.41, 5.74) is 4.31. The van der Waals surface area contributed by atoms with Gasteiger partial charge in [0.15, 0.2) is 5.82 Å². The molecule has 0 saturated carbocycles. The molecule has 0 radical (unpaired) electrons. The van der Waals surface area contributed by atoms with Crippen molar-refractivity contribution in [1.82, 2.24) is 20.2 Å². The van der Waals surface area contributed by atoms with Gasteiger partial charge in [0.1, 0.15) is 10.8 Å². The highest BCUT2D eigenvalue weighted by Crippen LogP contribution is 2.28. The van der Waals surface area contributed by atoms with E-state index in [1.165, 1.54) is 11.1 Å². The summed E-state index contributed by atoms with van der Waals surface area (Å²) < 4.78 is 6.02. The van der Waals surface area contributed by atoms with E-state index < -0.39 is 0 Å². The molecule has 1 aromatic heterocycles. The second-order valence-electron chi connectivity index (χ2n) is 7.83. The van der Waals surface area contributed by atoms with E-state index in [0.717, 1.165) is 56.3 Å². The first-order valence-corrected chi connectivity index (χ1v) is 10.9. The van der Waals surface area contributed by atoms with Crippen LogP contribution < -0.4 is 20.7 Å². The van der Waals surface area contributed by atoms with Crippen LogP contribution in [0, 0.1) is 0 Å². The predicted octanol–water partition coefficient (Wildman–Crippen LogP) is 3.96. The number of hydrogen-bond acceptors (Lipinski definition) is 7. The number of rotatable bonds is 2. The minimum atomic E-state index is 0.456. The average molecular weight is 437 g/mol. The molecule has 3 aromatic rings. The van der Waals surface area contributed by atoms with E-state index in [1.54, 1.807) is 6.20 Å². The van der Waals surface area contributed by atoms with Crippen molar-refractivity contribution in [3.63, 3.8) is 0 Å². The Bertz CT molecular complexity index is 1070. The van der Waals surface area contributed by atoms with E-state index in [-0.39, 0.29) is 0 Å². The maximum Gasteiger partial charge on any atom is 0.229 e. The van der Waals surface area contributed by atoms with Gasteiger partial charge in [-0.25, -0.2) is 4.98 Å². The summed E-state index contributed by atoms with van der Waals surface area (Å²) in [7, 11) is 0. The zero-order valence-electron chi connectivity index (χ0n) is 17.2. The van der Waals surface area contributed by atoms with Crippen LogP contribution in [0.3, 0.4) is 0 Å².